The molecular weight excluding hydrogens is 308 g/mol. The first-order valence-corrected chi connectivity index (χ1v) is 6.94. The molecule has 19 heavy (non-hydrogen) atoms. The molecule has 0 atom stereocenters. The summed E-state index contributed by atoms with van der Waals surface area (Å²) in [4.78, 5) is 15.4. The minimum Gasteiger partial charge on any atom is -0.478 e. The molecule has 2 aromatic rings. The van der Waals surface area contributed by atoms with Gasteiger partial charge in [0.05, 0.1) is 15.7 Å². The van der Waals surface area contributed by atoms with Crippen molar-refractivity contribution in [2.24, 2.45) is 0 Å². The lowest BCUT2D eigenvalue weighted by molar-refractivity contribution is 0.0695. The van der Waals surface area contributed by atoms with Gasteiger partial charge in [0.15, 0.2) is 0 Å². The molecular formula is C14H13BrN2O2. The standard InChI is InChI=1S/C14H13BrN2O2/c1-8-11(14(18)19)12(15)13(17(8)10-2-3-10)9-4-6-16-7-5-9/h4-7,10H,2-3H2,1H3,(H,18,19). The Bertz CT molecular complexity index is 645. The van der Waals surface area contributed by atoms with Gasteiger partial charge in [0, 0.05) is 29.7 Å². The third-order valence-corrected chi connectivity index (χ3v) is 4.24. The summed E-state index contributed by atoms with van der Waals surface area (Å²) in [7, 11) is 0. The minimum absolute atomic E-state index is 0.360. The van der Waals surface area contributed by atoms with Gasteiger partial charge in [-0.25, -0.2) is 4.79 Å². The van der Waals surface area contributed by atoms with Gasteiger partial charge in [0.1, 0.15) is 0 Å². The van der Waals surface area contributed by atoms with E-state index < -0.39 is 5.97 Å². The quantitative estimate of drug-likeness (QED) is 0.939. The van der Waals surface area contributed by atoms with Crippen LogP contribution >= 0.6 is 15.9 Å². The van der Waals surface area contributed by atoms with Gasteiger partial charge in [-0.2, -0.15) is 0 Å². The molecule has 0 unspecified atom stereocenters. The van der Waals surface area contributed by atoms with Crippen LogP contribution in [0.1, 0.15) is 34.9 Å². The van der Waals surface area contributed by atoms with E-state index in [-0.39, 0.29) is 0 Å². The number of aromatic carboxylic acids is 1. The topological polar surface area (TPSA) is 55.1 Å². The summed E-state index contributed by atoms with van der Waals surface area (Å²) >= 11 is 3.46. The number of carbonyl (C=O) groups is 1. The molecule has 0 saturated heterocycles. The van der Waals surface area contributed by atoms with Gasteiger partial charge in [-0.3, -0.25) is 4.98 Å². The van der Waals surface area contributed by atoms with Crippen molar-refractivity contribution in [3.63, 3.8) is 0 Å². The van der Waals surface area contributed by atoms with Crippen molar-refractivity contribution in [3.05, 3.63) is 40.3 Å². The van der Waals surface area contributed by atoms with Crippen LogP contribution in [0.4, 0.5) is 0 Å². The number of carboxylic acids is 1. The molecule has 3 rings (SSSR count). The summed E-state index contributed by atoms with van der Waals surface area (Å²) in [6.45, 7) is 1.87. The monoisotopic (exact) mass is 320 g/mol. The summed E-state index contributed by atoms with van der Waals surface area (Å²) in [5, 5.41) is 9.38. The second-order valence-corrected chi connectivity index (χ2v) is 5.56. The number of hydrogen-bond donors (Lipinski definition) is 1. The van der Waals surface area contributed by atoms with Gasteiger partial charge in [0.25, 0.3) is 0 Å². The number of rotatable bonds is 3. The highest BCUT2D eigenvalue weighted by molar-refractivity contribution is 9.10. The molecule has 0 aliphatic heterocycles. The maximum Gasteiger partial charge on any atom is 0.338 e. The molecule has 5 heteroatoms. The van der Waals surface area contributed by atoms with E-state index in [1.165, 1.54) is 0 Å². The number of halogens is 1. The smallest absolute Gasteiger partial charge is 0.338 e. The first kappa shape index (κ1) is 12.4. The first-order chi connectivity index (χ1) is 9.11. The zero-order valence-corrected chi connectivity index (χ0v) is 12.0. The number of carboxylic acid groups (broad SMARTS) is 1. The maximum atomic E-state index is 11.4. The molecule has 1 saturated carbocycles. The number of hydrogen-bond acceptors (Lipinski definition) is 2. The van der Waals surface area contributed by atoms with Gasteiger partial charge < -0.3 is 9.67 Å². The Balaban J connectivity index is 2.28. The Morgan fingerprint density at radius 2 is 2.05 bits per heavy atom. The normalized spacial score (nSPS) is 14.6. The lowest BCUT2D eigenvalue weighted by Crippen LogP contribution is -2.02. The molecule has 0 radical (unpaired) electrons. The molecule has 2 aromatic heterocycles. The van der Waals surface area contributed by atoms with Crippen molar-refractivity contribution < 1.29 is 9.90 Å². The van der Waals surface area contributed by atoms with Gasteiger partial charge >= 0.3 is 5.97 Å². The van der Waals surface area contributed by atoms with E-state index in [1.807, 2.05) is 19.1 Å². The fourth-order valence-electron chi connectivity index (χ4n) is 2.48. The van der Waals surface area contributed by atoms with Crippen LogP contribution < -0.4 is 0 Å². The lowest BCUT2D eigenvalue weighted by Gasteiger charge is -2.10. The van der Waals surface area contributed by atoms with Crippen LogP contribution in [0.25, 0.3) is 11.3 Å². The van der Waals surface area contributed by atoms with Crippen LogP contribution in [0, 0.1) is 6.92 Å². The zero-order valence-electron chi connectivity index (χ0n) is 10.4. The first-order valence-electron chi connectivity index (χ1n) is 6.15. The largest absolute Gasteiger partial charge is 0.478 e. The Morgan fingerprint density at radius 3 is 2.58 bits per heavy atom. The minimum atomic E-state index is -0.890. The molecule has 1 aliphatic carbocycles. The Morgan fingerprint density at radius 1 is 1.42 bits per heavy atom. The number of pyridine rings is 1. The third-order valence-electron chi connectivity index (χ3n) is 3.47. The van der Waals surface area contributed by atoms with E-state index in [0.717, 1.165) is 29.8 Å². The second-order valence-electron chi connectivity index (χ2n) is 4.77. The van der Waals surface area contributed by atoms with Gasteiger partial charge in [-0.05, 0) is 47.8 Å². The molecule has 1 fully saturated rings. The van der Waals surface area contributed by atoms with E-state index in [2.05, 4.69) is 25.5 Å². The van der Waals surface area contributed by atoms with Crippen molar-refractivity contribution in [3.8, 4) is 11.3 Å². The lowest BCUT2D eigenvalue weighted by atomic mass is 10.2. The molecule has 0 spiro atoms. The van der Waals surface area contributed by atoms with Crippen LogP contribution in [-0.4, -0.2) is 20.6 Å². The zero-order chi connectivity index (χ0) is 13.6. The SMILES string of the molecule is Cc1c(C(=O)O)c(Br)c(-c2ccncc2)n1C1CC1. The second kappa shape index (κ2) is 4.49. The predicted octanol–water partition coefficient (Wildman–Crippen LogP) is 3.65. The molecule has 4 nitrogen and oxygen atoms in total. The molecule has 0 bridgehead atoms. The molecule has 98 valence electrons. The van der Waals surface area contributed by atoms with Crippen LogP contribution in [0.5, 0.6) is 0 Å². The van der Waals surface area contributed by atoms with Gasteiger partial charge in [0.2, 0.25) is 0 Å². The van der Waals surface area contributed by atoms with E-state index >= 15 is 0 Å². The highest BCUT2D eigenvalue weighted by atomic mass is 79.9. The summed E-state index contributed by atoms with van der Waals surface area (Å²) in [6, 6.07) is 4.24. The van der Waals surface area contributed by atoms with Crippen LogP contribution in [0.15, 0.2) is 29.0 Å². The Hall–Kier alpha value is -1.62. The van der Waals surface area contributed by atoms with E-state index in [9.17, 15) is 9.90 Å². The molecule has 0 aromatic carbocycles. The van der Waals surface area contributed by atoms with Gasteiger partial charge in [-0.15, -0.1) is 0 Å². The summed E-state index contributed by atoms with van der Waals surface area (Å²) < 4.78 is 2.80. The van der Waals surface area contributed by atoms with Crippen molar-refractivity contribution in [2.75, 3.05) is 0 Å². The van der Waals surface area contributed by atoms with Crippen molar-refractivity contribution in [2.45, 2.75) is 25.8 Å². The summed E-state index contributed by atoms with van der Waals surface area (Å²) in [6.07, 6.45) is 5.67. The molecule has 1 aliphatic rings. The van der Waals surface area contributed by atoms with Crippen LogP contribution in [-0.2, 0) is 0 Å². The van der Waals surface area contributed by atoms with Crippen LogP contribution in [0.2, 0.25) is 0 Å². The average molecular weight is 321 g/mol. The number of aromatic nitrogens is 2. The van der Waals surface area contributed by atoms with Crippen LogP contribution in [0.3, 0.4) is 0 Å². The fourth-order valence-corrected chi connectivity index (χ4v) is 3.36. The molecule has 1 N–H and O–H groups in total. The fraction of sp³-hybridized carbons (Fsp3) is 0.286. The predicted molar refractivity (Wildman–Crippen MR) is 75.3 cm³/mol. The highest BCUT2D eigenvalue weighted by Gasteiger charge is 2.32. The van der Waals surface area contributed by atoms with E-state index in [1.54, 1.807) is 12.4 Å². The summed E-state index contributed by atoms with van der Waals surface area (Å²) in [5.41, 5.74) is 3.11. The van der Waals surface area contributed by atoms with Crippen molar-refractivity contribution in [1.82, 2.24) is 9.55 Å². The third kappa shape index (κ3) is 1.98. The molecule has 2 heterocycles. The average Bonchev–Trinajstić information content (AvgIpc) is 3.16. The van der Waals surface area contributed by atoms with Crippen molar-refractivity contribution >= 4 is 21.9 Å². The van der Waals surface area contributed by atoms with E-state index in [0.29, 0.717) is 16.1 Å². The maximum absolute atomic E-state index is 11.4. The number of nitrogens with zero attached hydrogens (tertiary/aromatic N) is 2. The Kier molecular flexibility index (Phi) is 2.93. The van der Waals surface area contributed by atoms with E-state index in [4.69, 9.17) is 0 Å². The summed E-state index contributed by atoms with van der Waals surface area (Å²) in [5.74, 6) is -0.890. The Labute approximate surface area is 119 Å². The van der Waals surface area contributed by atoms with Gasteiger partial charge in [-0.1, -0.05) is 0 Å². The van der Waals surface area contributed by atoms with Crippen molar-refractivity contribution in [1.29, 1.82) is 0 Å². The highest BCUT2D eigenvalue weighted by Crippen LogP contribution is 2.45. The molecule has 0 amide bonds.